The van der Waals surface area contributed by atoms with E-state index in [0.717, 1.165) is 44.4 Å². The SMILES string of the molecule is Cc1cc(NC(C)CN2CCOCC2)nc(N)n1. The lowest BCUT2D eigenvalue weighted by Crippen LogP contribution is -2.42. The van der Waals surface area contributed by atoms with Crippen LogP contribution >= 0.6 is 0 Å². The largest absolute Gasteiger partial charge is 0.379 e. The molecule has 2 heterocycles. The van der Waals surface area contributed by atoms with E-state index in [-0.39, 0.29) is 0 Å². The minimum absolute atomic E-state index is 0.316. The van der Waals surface area contributed by atoms with Gasteiger partial charge in [0.1, 0.15) is 5.82 Å². The molecular weight excluding hydrogens is 230 g/mol. The number of nitrogens with two attached hydrogens (primary N) is 1. The van der Waals surface area contributed by atoms with Gasteiger partial charge in [-0.15, -0.1) is 0 Å². The average Bonchev–Trinajstić information content (AvgIpc) is 2.28. The fourth-order valence-electron chi connectivity index (χ4n) is 2.13. The topological polar surface area (TPSA) is 76.3 Å². The molecule has 3 N–H and O–H groups in total. The molecule has 0 aliphatic carbocycles. The molecule has 0 bridgehead atoms. The first kappa shape index (κ1) is 13.0. The monoisotopic (exact) mass is 251 g/mol. The Morgan fingerprint density at radius 3 is 2.83 bits per heavy atom. The van der Waals surface area contributed by atoms with Gasteiger partial charge in [-0.05, 0) is 13.8 Å². The third-order valence-electron chi connectivity index (χ3n) is 2.90. The number of aromatic nitrogens is 2. The van der Waals surface area contributed by atoms with E-state index in [9.17, 15) is 0 Å². The third kappa shape index (κ3) is 3.82. The van der Waals surface area contributed by atoms with Crippen molar-refractivity contribution >= 4 is 11.8 Å². The highest BCUT2D eigenvalue weighted by Crippen LogP contribution is 2.09. The van der Waals surface area contributed by atoms with E-state index in [1.54, 1.807) is 0 Å². The van der Waals surface area contributed by atoms with Gasteiger partial charge in [-0.2, -0.15) is 4.98 Å². The van der Waals surface area contributed by atoms with Gasteiger partial charge in [0, 0.05) is 37.4 Å². The molecule has 0 aromatic carbocycles. The molecule has 6 heteroatoms. The van der Waals surface area contributed by atoms with Gasteiger partial charge in [0.2, 0.25) is 5.95 Å². The molecule has 0 radical (unpaired) electrons. The highest BCUT2D eigenvalue weighted by atomic mass is 16.5. The number of nitrogens with zero attached hydrogens (tertiary/aromatic N) is 3. The van der Waals surface area contributed by atoms with Crippen LogP contribution in [0.2, 0.25) is 0 Å². The Morgan fingerprint density at radius 2 is 2.17 bits per heavy atom. The Labute approximate surface area is 108 Å². The summed E-state index contributed by atoms with van der Waals surface area (Å²) < 4.78 is 5.33. The van der Waals surface area contributed by atoms with Crippen LogP contribution in [0.25, 0.3) is 0 Å². The Balaban J connectivity index is 1.87. The Morgan fingerprint density at radius 1 is 1.44 bits per heavy atom. The molecule has 1 aromatic rings. The van der Waals surface area contributed by atoms with E-state index in [0.29, 0.717) is 12.0 Å². The maximum atomic E-state index is 5.63. The van der Waals surface area contributed by atoms with Crippen LogP contribution in [-0.4, -0.2) is 53.8 Å². The molecule has 1 aliphatic heterocycles. The predicted octanol–water partition coefficient (Wildman–Crippen LogP) is 0.500. The van der Waals surface area contributed by atoms with Gasteiger partial charge < -0.3 is 15.8 Å². The van der Waals surface area contributed by atoms with Gasteiger partial charge in [0.15, 0.2) is 0 Å². The number of nitrogen functional groups attached to an aromatic ring is 1. The van der Waals surface area contributed by atoms with E-state index in [1.165, 1.54) is 0 Å². The first-order valence-corrected chi connectivity index (χ1v) is 6.31. The van der Waals surface area contributed by atoms with Crippen molar-refractivity contribution in [2.24, 2.45) is 0 Å². The second kappa shape index (κ2) is 5.97. The van der Waals surface area contributed by atoms with Crippen molar-refractivity contribution in [1.82, 2.24) is 14.9 Å². The molecule has 0 saturated carbocycles. The minimum atomic E-state index is 0.316. The third-order valence-corrected chi connectivity index (χ3v) is 2.90. The summed E-state index contributed by atoms with van der Waals surface area (Å²) in [5.41, 5.74) is 6.51. The molecule has 1 fully saturated rings. The first-order chi connectivity index (χ1) is 8.63. The van der Waals surface area contributed by atoms with Crippen LogP contribution in [0.5, 0.6) is 0 Å². The molecule has 100 valence electrons. The maximum absolute atomic E-state index is 5.63. The van der Waals surface area contributed by atoms with Gasteiger partial charge in [-0.25, -0.2) is 4.98 Å². The Hall–Kier alpha value is -1.40. The van der Waals surface area contributed by atoms with Crippen LogP contribution in [0.4, 0.5) is 11.8 Å². The highest BCUT2D eigenvalue weighted by molar-refractivity contribution is 5.40. The number of hydrogen-bond donors (Lipinski definition) is 2. The standard InChI is InChI=1S/C12H21N5O/c1-9-7-11(16-12(13)15-9)14-10(2)8-17-3-5-18-6-4-17/h7,10H,3-6,8H2,1-2H3,(H3,13,14,15,16). The normalized spacial score (nSPS) is 18.6. The molecule has 1 aromatic heterocycles. The summed E-state index contributed by atoms with van der Waals surface area (Å²) in [6.45, 7) is 8.68. The summed E-state index contributed by atoms with van der Waals surface area (Å²) in [7, 11) is 0. The van der Waals surface area contributed by atoms with Crippen molar-refractivity contribution in [1.29, 1.82) is 0 Å². The average molecular weight is 251 g/mol. The molecule has 0 amide bonds. The second-order valence-electron chi connectivity index (χ2n) is 4.71. The zero-order valence-corrected chi connectivity index (χ0v) is 11.0. The molecule has 6 nitrogen and oxygen atoms in total. The molecule has 2 rings (SSSR count). The van der Waals surface area contributed by atoms with Crippen molar-refractivity contribution in [3.05, 3.63) is 11.8 Å². The van der Waals surface area contributed by atoms with Crippen LogP contribution in [0, 0.1) is 6.92 Å². The first-order valence-electron chi connectivity index (χ1n) is 6.31. The number of morpholine rings is 1. The summed E-state index contributed by atoms with van der Waals surface area (Å²) in [6, 6.07) is 2.23. The molecule has 18 heavy (non-hydrogen) atoms. The van der Waals surface area contributed by atoms with Crippen LogP contribution in [-0.2, 0) is 4.74 Å². The number of nitrogens with one attached hydrogen (secondary N) is 1. The quantitative estimate of drug-likeness (QED) is 0.811. The van der Waals surface area contributed by atoms with E-state index in [1.807, 2.05) is 13.0 Å². The van der Waals surface area contributed by atoms with Crippen molar-refractivity contribution in [2.75, 3.05) is 43.9 Å². The van der Waals surface area contributed by atoms with Crippen LogP contribution in [0.15, 0.2) is 6.07 Å². The minimum Gasteiger partial charge on any atom is -0.379 e. The van der Waals surface area contributed by atoms with Gasteiger partial charge >= 0.3 is 0 Å². The van der Waals surface area contributed by atoms with Crippen molar-refractivity contribution in [2.45, 2.75) is 19.9 Å². The lowest BCUT2D eigenvalue weighted by atomic mass is 10.3. The van der Waals surface area contributed by atoms with Gasteiger partial charge in [-0.3, -0.25) is 4.90 Å². The molecule has 1 unspecified atom stereocenters. The van der Waals surface area contributed by atoms with Crippen LogP contribution in [0.1, 0.15) is 12.6 Å². The van der Waals surface area contributed by atoms with E-state index in [2.05, 4.69) is 27.1 Å². The van der Waals surface area contributed by atoms with E-state index < -0.39 is 0 Å². The maximum Gasteiger partial charge on any atom is 0.222 e. The lowest BCUT2D eigenvalue weighted by Gasteiger charge is -2.29. The van der Waals surface area contributed by atoms with Crippen molar-refractivity contribution in [3.63, 3.8) is 0 Å². The molecular formula is C12H21N5O. The summed E-state index contributed by atoms with van der Waals surface area (Å²) in [6.07, 6.45) is 0. The molecule has 1 saturated heterocycles. The van der Waals surface area contributed by atoms with Crippen LogP contribution in [0.3, 0.4) is 0 Å². The number of rotatable bonds is 4. The Bertz CT molecular complexity index is 372. The number of ether oxygens (including phenoxy) is 1. The van der Waals surface area contributed by atoms with E-state index >= 15 is 0 Å². The number of hydrogen-bond acceptors (Lipinski definition) is 6. The lowest BCUT2D eigenvalue weighted by molar-refractivity contribution is 0.0368. The van der Waals surface area contributed by atoms with Gasteiger partial charge in [0.25, 0.3) is 0 Å². The summed E-state index contributed by atoms with van der Waals surface area (Å²) in [4.78, 5) is 10.6. The number of anilines is 2. The van der Waals surface area contributed by atoms with E-state index in [4.69, 9.17) is 10.5 Å². The summed E-state index contributed by atoms with van der Waals surface area (Å²) in [5.74, 6) is 1.11. The van der Waals surface area contributed by atoms with Crippen molar-refractivity contribution < 1.29 is 4.74 Å². The summed E-state index contributed by atoms with van der Waals surface area (Å²) in [5, 5.41) is 3.36. The smallest absolute Gasteiger partial charge is 0.222 e. The van der Waals surface area contributed by atoms with Gasteiger partial charge in [-0.1, -0.05) is 0 Å². The van der Waals surface area contributed by atoms with Crippen LogP contribution < -0.4 is 11.1 Å². The van der Waals surface area contributed by atoms with Gasteiger partial charge in [0.05, 0.1) is 13.2 Å². The zero-order chi connectivity index (χ0) is 13.0. The fraction of sp³-hybridized carbons (Fsp3) is 0.667. The molecule has 0 spiro atoms. The zero-order valence-electron chi connectivity index (χ0n) is 11.0. The Kier molecular flexibility index (Phi) is 4.33. The second-order valence-corrected chi connectivity index (χ2v) is 4.71. The number of aryl methyl sites for hydroxylation is 1. The van der Waals surface area contributed by atoms with Crippen molar-refractivity contribution in [3.8, 4) is 0 Å². The fourth-order valence-corrected chi connectivity index (χ4v) is 2.13. The highest BCUT2D eigenvalue weighted by Gasteiger charge is 2.14. The summed E-state index contributed by atoms with van der Waals surface area (Å²) >= 11 is 0. The molecule has 1 aliphatic rings. The molecule has 1 atom stereocenters. The predicted molar refractivity (Wildman–Crippen MR) is 71.5 cm³/mol.